The number of hydrogen-bond acceptors (Lipinski definition) is 5. The largest absolute Gasteiger partial charge is 0.365 e. The van der Waals surface area contributed by atoms with Gasteiger partial charge < -0.3 is 5.73 Å². The Morgan fingerprint density at radius 2 is 2.10 bits per heavy atom. The van der Waals surface area contributed by atoms with Crippen molar-refractivity contribution < 1.29 is 14.4 Å². The van der Waals surface area contributed by atoms with Gasteiger partial charge in [0.2, 0.25) is 0 Å². The number of urea groups is 1. The topological polar surface area (TPSA) is 97.6 Å². The van der Waals surface area contributed by atoms with Crippen LogP contribution in [0.2, 0.25) is 0 Å². The predicted molar refractivity (Wildman–Crippen MR) is 82.4 cm³/mol. The van der Waals surface area contributed by atoms with Crippen LogP contribution in [-0.4, -0.2) is 35.5 Å². The molecule has 0 atom stereocenters. The highest BCUT2D eigenvalue weighted by Gasteiger charge is 2.31. The fraction of sp³-hybridized carbons (Fsp3) is 0.615. The highest BCUT2D eigenvalue weighted by molar-refractivity contribution is 7.11. The highest BCUT2D eigenvalue weighted by atomic mass is 32.1. The Morgan fingerprint density at radius 3 is 2.57 bits per heavy atom. The summed E-state index contributed by atoms with van der Waals surface area (Å²) < 4.78 is 4.33. The van der Waals surface area contributed by atoms with Gasteiger partial charge in [0.05, 0.1) is 18.4 Å². The van der Waals surface area contributed by atoms with E-state index in [9.17, 15) is 9.59 Å². The van der Waals surface area contributed by atoms with E-state index in [4.69, 9.17) is 10.6 Å². The van der Waals surface area contributed by atoms with Gasteiger partial charge in [-0.1, -0.05) is 27.2 Å². The first-order chi connectivity index (χ1) is 9.74. The number of nitrogens with two attached hydrogens (primary N) is 1. The number of nitrogens with zero attached hydrogens (tertiary/aromatic N) is 2. The van der Waals surface area contributed by atoms with E-state index in [2.05, 4.69) is 16.6 Å². The molecule has 0 bridgehead atoms. The zero-order chi connectivity index (χ0) is 16.2. The van der Waals surface area contributed by atoms with Crippen molar-refractivity contribution in [2.75, 3.05) is 19.5 Å². The van der Waals surface area contributed by atoms with Gasteiger partial charge in [0.25, 0.3) is 5.91 Å². The molecule has 0 radical (unpaired) electrons. The average Bonchev–Trinajstić information content (AvgIpc) is 2.82. The van der Waals surface area contributed by atoms with E-state index in [-0.39, 0.29) is 11.0 Å². The Kier molecular flexibility index (Phi) is 5.68. The lowest BCUT2D eigenvalue weighted by Gasteiger charge is -2.23. The number of hydrogen-bond donors (Lipinski definition) is 2. The molecule has 8 heteroatoms. The van der Waals surface area contributed by atoms with Crippen molar-refractivity contribution in [1.82, 2.24) is 9.44 Å². The summed E-state index contributed by atoms with van der Waals surface area (Å²) in [6.07, 6.45) is 1.82. The molecule has 1 heterocycles. The summed E-state index contributed by atoms with van der Waals surface area (Å²) >= 11 is 1.05. The molecule has 0 aliphatic heterocycles. The molecular formula is C13H22N4O3S. The van der Waals surface area contributed by atoms with Crippen molar-refractivity contribution in [2.24, 2.45) is 5.73 Å². The Morgan fingerprint density at radius 1 is 1.48 bits per heavy atom. The van der Waals surface area contributed by atoms with E-state index in [1.165, 1.54) is 14.2 Å². The SMILES string of the molecule is CCCC(C)(C)c1nsc(NC(=O)N(C)OC)c1C(N)=O. The van der Waals surface area contributed by atoms with Crippen LogP contribution >= 0.6 is 11.5 Å². The molecule has 0 spiro atoms. The first-order valence-electron chi connectivity index (χ1n) is 6.63. The van der Waals surface area contributed by atoms with Crippen LogP contribution < -0.4 is 11.1 Å². The molecule has 21 heavy (non-hydrogen) atoms. The van der Waals surface area contributed by atoms with Crippen LogP contribution in [0.3, 0.4) is 0 Å². The van der Waals surface area contributed by atoms with Gasteiger partial charge in [-0.05, 0) is 18.0 Å². The number of anilines is 1. The molecule has 3 N–H and O–H groups in total. The van der Waals surface area contributed by atoms with Crippen LogP contribution in [0.25, 0.3) is 0 Å². The summed E-state index contributed by atoms with van der Waals surface area (Å²) in [4.78, 5) is 28.4. The van der Waals surface area contributed by atoms with Crippen molar-refractivity contribution in [3.05, 3.63) is 11.3 Å². The third-order valence-electron chi connectivity index (χ3n) is 3.23. The fourth-order valence-corrected chi connectivity index (χ4v) is 3.01. The lowest BCUT2D eigenvalue weighted by molar-refractivity contribution is -0.0597. The second-order valence-corrected chi connectivity index (χ2v) is 6.12. The van der Waals surface area contributed by atoms with E-state index in [1.807, 2.05) is 13.8 Å². The van der Waals surface area contributed by atoms with Crippen LogP contribution in [0, 0.1) is 0 Å². The van der Waals surface area contributed by atoms with E-state index in [0.29, 0.717) is 10.7 Å². The Hall–Kier alpha value is -1.67. The number of primary amides is 1. The summed E-state index contributed by atoms with van der Waals surface area (Å²) in [5, 5.41) is 3.95. The van der Waals surface area contributed by atoms with Crippen molar-refractivity contribution in [3.8, 4) is 0 Å². The molecule has 1 aromatic rings. The van der Waals surface area contributed by atoms with Gasteiger partial charge in [-0.25, -0.2) is 9.86 Å². The second kappa shape index (κ2) is 6.86. The second-order valence-electron chi connectivity index (χ2n) is 5.34. The summed E-state index contributed by atoms with van der Waals surface area (Å²) in [6.45, 7) is 6.07. The van der Waals surface area contributed by atoms with Crippen LogP contribution in [0.15, 0.2) is 0 Å². The third kappa shape index (κ3) is 3.92. The molecule has 0 fully saturated rings. The van der Waals surface area contributed by atoms with E-state index in [1.54, 1.807) is 0 Å². The van der Waals surface area contributed by atoms with Crippen LogP contribution in [-0.2, 0) is 10.3 Å². The predicted octanol–water partition coefficient (Wildman–Crippen LogP) is 2.34. The van der Waals surface area contributed by atoms with E-state index >= 15 is 0 Å². The minimum atomic E-state index is -0.599. The highest BCUT2D eigenvalue weighted by Crippen LogP contribution is 2.36. The number of carbonyl (C=O) groups is 2. The third-order valence-corrected chi connectivity index (χ3v) is 4.00. The number of hydroxylamine groups is 2. The van der Waals surface area contributed by atoms with Gasteiger partial charge in [0, 0.05) is 12.5 Å². The Balaban J connectivity index is 3.16. The quantitative estimate of drug-likeness (QED) is 0.787. The first kappa shape index (κ1) is 17.4. The molecule has 0 unspecified atom stereocenters. The minimum Gasteiger partial charge on any atom is -0.365 e. The smallest absolute Gasteiger partial charge is 0.346 e. The van der Waals surface area contributed by atoms with Gasteiger partial charge in [0.1, 0.15) is 5.00 Å². The molecule has 7 nitrogen and oxygen atoms in total. The van der Waals surface area contributed by atoms with E-state index in [0.717, 1.165) is 29.4 Å². The molecule has 3 amide bonds. The van der Waals surface area contributed by atoms with Crippen LogP contribution in [0.4, 0.5) is 9.80 Å². The van der Waals surface area contributed by atoms with Crippen LogP contribution in [0.1, 0.15) is 49.7 Å². The lowest BCUT2D eigenvalue weighted by Crippen LogP contribution is -2.31. The Bertz CT molecular complexity index is 527. The monoisotopic (exact) mass is 314 g/mol. The molecule has 1 aromatic heterocycles. The lowest BCUT2D eigenvalue weighted by atomic mass is 9.82. The summed E-state index contributed by atoms with van der Waals surface area (Å²) in [7, 11) is 2.83. The molecular weight excluding hydrogens is 292 g/mol. The van der Waals surface area contributed by atoms with Crippen molar-refractivity contribution >= 4 is 28.5 Å². The maximum absolute atomic E-state index is 11.8. The number of rotatable bonds is 6. The maximum Gasteiger partial charge on any atom is 0.346 e. The molecule has 0 saturated carbocycles. The zero-order valence-corrected chi connectivity index (χ0v) is 13.8. The standard InChI is InChI=1S/C13H22N4O3S/c1-6-7-13(2,3)9-8(10(14)18)11(21-16-9)15-12(19)17(4)20-5/h6-7H2,1-5H3,(H2,14,18)(H,15,19). The van der Waals surface area contributed by atoms with Crippen LogP contribution in [0.5, 0.6) is 0 Å². The number of nitrogens with one attached hydrogen (secondary N) is 1. The molecule has 0 aliphatic rings. The number of carbonyl (C=O) groups excluding carboxylic acids is 2. The summed E-state index contributed by atoms with van der Waals surface area (Å²) in [5.74, 6) is -0.599. The van der Waals surface area contributed by atoms with Gasteiger partial charge in [-0.2, -0.15) is 4.37 Å². The van der Waals surface area contributed by atoms with Crippen molar-refractivity contribution in [3.63, 3.8) is 0 Å². The molecule has 0 aliphatic carbocycles. The first-order valence-corrected chi connectivity index (χ1v) is 7.40. The van der Waals surface area contributed by atoms with Crippen molar-refractivity contribution in [2.45, 2.75) is 39.0 Å². The average molecular weight is 314 g/mol. The normalized spacial score (nSPS) is 11.3. The zero-order valence-electron chi connectivity index (χ0n) is 13.0. The number of aromatic nitrogens is 1. The Labute approximate surface area is 128 Å². The van der Waals surface area contributed by atoms with Gasteiger partial charge in [-0.15, -0.1) is 0 Å². The van der Waals surface area contributed by atoms with E-state index < -0.39 is 11.9 Å². The molecule has 0 aromatic carbocycles. The molecule has 0 saturated heterocycles. The van der Waals surface area contributed by atoms with Gasteiger partial charge in [0.15, 0.2) is 0 Å². The molecule has 1 rings (SSSR count). The van der Waals surface area contributed by atoms with Gasteiger partial charge in [-0.3, -0.25) is 14.9 Å². The summed E-state index contributed by atoms with van der Waals surface area (Å²) in [6, 6.07) is -0.497. The maximum atomic E-state index is 11.8. The summed E-state index contributed by atoms with van der Waals surface area (Å²) in [5.41, 5.74) is 6.08. The molecule has 118 valence electrons. The minimum absolute atomic E-state index is 0.274. The fourth-order valence-electron chi connectivity index (χ4n) is 2.07. The van der Waals surface area contributed by atoms with Crippen molar-refractivity contribution in [1.29, 1.82) is 0 Å². The number of amides is 3. The van der Waals surface area contributed by atoms with Gasteiger partial charge >= 0.3 is 6.03 Å².